The van der Waals surface area contributed by atoms with Gasteiger partial charge in [-0.15, -0.1) is 0 Å². The smallest absolute Gasteiger partial charge is 0.239 e. The first kappa shape index (κ1) is 14.5. The summed E-state index contributed by atoms with van der Waals surface area (Å²) < 4.78 is 2.11. The van der Waals surface area contributed by atoms with Crippen molar-refractivity contribution in [1.82, 2.24) is 19.5 Å². The van der Waals surface area contributed by atoms with Gasteiger partial charge in [0.25, 0.3) is 0 Å². The van der Waals surface area contributed by atoms with E-state index in [0.29, 0.717) is 12.3 Å². The molecule has 0 saturated carbocycles. The van der Waals surface area contributed by atoms with Gasteiger partial charge in [0.15, 0.2) is 5.16 Å². The Bertz CT molecular complexity index is 1070. The van der Waals surface area contributed by atoms with Crippen LogP contribution in [0.3, 0.4) is 0 Å². The Morgan fingerprint density at radius 1 is 1.04 bits per heavy atom. The van der Waals surface area contributed by atoms with E-state index in [-0.39, 0.29) is 5.91 Å². The number of nitrogens with zero attached hydrogens (tertiary/aromatic N) is 4. The molecule has 2 aromatic heterocycles. The Morgan fingerprint density at radius 2 is 1.84 bits per heavy atom. The van der Waals surface area contributed by atoms with E-state index in [2.05, 4.69) is 19.5 Å². The zero-order chi connectivity index (χ0) is 16.8. The number of anilines is 1. The van der Waals surface area contributed by atoms with Gasteiger partial charge in [-0.25, -0.2) is 9.97 Å². The third-order valence-corrected chi connectivity index (χ3v) is 5.28. The third kappa shape index (κ3) is 2.39. The number of nitrogens with one attached hydrogen (secondary N) is 1. The number of imidazole rings is 2. The number of aromatic amines is 1. The minimum atomic E-state index is 0.0551. The van der Waals surface area contributed by atoms with E-state index in [0.717, 1.165) is 39.7 Å². The van der Waals surface area contributed by atoms with Gasteiger partial charge in [0.1, 0.15) is 0 Å². The summed E-state index contributed by atoms with van der Waals surface area (Å²) in [5.74, 6) is 1.14. The second-order valence-corrected chi connectivity index (χ2v) is 6.91. The third-order valence-electron chi connectivity index (χ3n) is 4.42. The summed E-state index contributed by atoms with van der Waals surface area (Å²) in [6.45, 7) is 1.46. The van der Waals surface area contributed by atoms with Gasteiger partial charge in [0.2, 0.25) is 11.9 Å². The van der Waals surface area contributed by atoms with Gasteiger partial charge in [-0.2, -0.15) is 0 Å². The fourth-order valence-electron chi connectivity index (χ4n) is 3.23. The summed E-state index contributed by atoms with van der Waals surface area (Å²) in [7, 11) is 0. The molecule has 0 bridgehead atoms. The zero-order valence-electron chi connectivity index (χ0n) is 13.3. The molecule has 0 radical (unpaired) electrons. The lowest BCUT2D eigenvalue weighted by Gasteiger charge is -2.12. The maximum atomic E-state index is 12.7. The van der Waals surface area contributed by atoms with Crippen molar-refractivity contribution in [2.24, 2.45) is 0 Å². The largest absolute Gasteiger partial charge is 0.333 e. The highest BCUT2D eigenvalue weighted by Crippen LogP contribution is 2.28. The number of carbonyl (C=O) groups excluding carboxylic acids is 1. The second kappa shape index (κ2) is 5.63. The van der Waals surface area contributed by atoms with Crippen molar-refractivity contribution in [2.75, 3.05) is 17.2 Å². The maximum absolute atomic E-state index is 12.7. The minimum absolute atomic E-state index is 0.0551. The first-order valence-electron chi connectivity index (χ1n) is 8.13. The van der Waals surface area contributed by atoms with Crippen molar-refractivity contribution in [3.63, 3.8) is 0 Å². The number of fused-ring (bicyclic) bond motifs is 4. The monoisotopic (exact) mass is 349 g/mol. The van der Waals surface area contributed by atoms with Crippen LogP contribution in [0.15, 0.2) is 53.7 Å². The van der Waals surface area contributed by atoms with Gasteiger partial charge in [-0.1, -0.05) is 36.0 Å². The molecule has 25 heavy (non-hydrogen) atoms. The second-order valence-electron chi connectivity index (χ2n) is 5.95. The molecule has 6 nitrogen and oxygen atoms in total. The van der Waals surface area contributed by atoms with E-state index < -0.39 is 0 Å². The van der Waals surface area contributed by atoms with Gasteiger partial charge >= 0.3 is 0 Å². The van der Waals surface area contributed by atoms with Gasteiger partial charge in [-0.3, -0.25) is 9.69 Å². The molecule has 0 spiro atoms. The van der Waals surface area contributed by atoms with E-state index in [1.165, 1.54) is 11.8 Å². The predicted octanol–water partition coefficient (Wildman–Crippen LogP) is 3.05. The Morgan fingerprint density at radius 3 is 2.72 bits per heavy atom. The molecule has 0 atom stereocenters. The predicted molar refractivity (Wildman–Crippen MR) is 98.9 cm³/mol. The van der Waals surface area contributed by atoms with Gasteiger partial charge in [0, 0.05) is 13.1 Å². The number of amides is 1. The summed E-state index contributed by atoms with van der Waals surface area (Å²) in [5, 5.41) is 0.766. The van der Waals surface area contributed by atoms with Gasteiger partial charge in [0.05, 0.1) is 27.8 Å². The molecule has 2 aromatic carbocycles. The van der Waals surface area contributed by atoms with E-state index in [1.807, 2.05) is 48.5 Å². The van der Waals surface area contributed by atoms with Gasteiger partial charge < -0.3 is 9.55 Å². The number of H-pyrrole nitrogens is 1. The first-order chi connectivity index (χ1) is 12.3. The van der Waals surface area contributed by atoms with Crippen LogP contribution < -0.4 is 4.90 Å². The van der Waals surface area contributed by atoms with Crippen molar-refractivity contribution >= 4 is 45.7 Å². The lowest BCUT2D eigenvalue weighted by molar-refractivity contribution is -0.116. The molecule has 5 rings (SSSR count). The normalized spacial score (nSPS) is 13.7. The molecule has 1 N–H and O–H groups in total. The fourth-order valence-corrected chi connectivity index (χ4v) is 3.99. The van der Waals surface area contributed by atoms with Crippen LogP contribution in [0.5, 0.6) is 0 Å². The van der Waals surface area contributed by atoms with Crippen LogP contribution >= 0.6 is 11.8 Å². The molecule has 124 valence electrons. The van der Waals surface area contributed by atoms with E-state index >= 15 is 0 Å². The number of para-hydroxylation sites is 4. The highest BCUT2D eigenvalue weighted by Gasteiger charge is 2.28. The number of hydrogen-bond donors (Lipinski definition) is 1. The average molecular weight is 349 g/mol. The van der Waals surface area contributed by atoms with Crippen molar-refractivity contribution in [3.05, 3.63) is 48.5 Å². The minimum Gasteiger partial charge on any atom is -0.333 e. The summed E-state index contributed by atoms with van der Waals surface area (Å²) in [4.78, 5) is 26.8. The Hall–Kier alpha value is -2.80. The molecule has 3 heterocycles. The number of hydrogen-bond acceptors (Lipinski definition) is 4. The highest BCUT2D eigenvalue weighted by atomic mass is 32.2. The standard InChI is InChI=1S/C18H15N5OS/c24-16(11-25-17-19-12-5-1-2-6-13(12)20-17)23-10-9-22-15-8-4-3-7-14(15)21-18(22)23/h1-8H,9-11H2,(H,19,20). The van der Waals surface area contributed by atoms with Crippen molar-refractivity contribution in [3.8, 4) is 0 Å². The number of carbonyl (C=O) groups is 1. The van der Waals surface area contributed by atoms with Crippen LogP contribution in [0.4, 0.5) is 5.95 Å². The molecule has 0 fully saturated rings. The van der Waals surface area contributed by atoms with Crippen molar-refractivity contribution < 1.29 is 4.79 Å². The Kier molecular flexibility index (Phi) is 3.27. The number of aromatic nitrogens is 4. The fraction of sp³-hybridized carbons (Fsp3) is 0.167. The molecule has 0 saturated heterocycles. The number of thioether (sulfide) groups is 1. The van der Waals surface area contributed by atoms with Crippen LogP contribution in [-0.4, -0.2) is 37.7 Å². The zero-order valence-corrected chi connectivity index (χ0v) is 14.2. The Labute approximate surface area is 147 Å². The molecule has 1 aliphatic heterocycles. The molecule has 0 aliphatic carbocycles. The molecule has 1 aliphatic rings. The van der Waals surface area contributed by atoms with Crippen molar-refractivity contribution in [1.29, 1.82) is 0 Å². The van der Waals surface area contributed by atoms with Gasteiger partial charge in [-0.05, 0) is 24.3 Å². The summed E-state index contributed by atoms with van der Waals surface area (Å²) in [6, 6.07) is 15.9. The molecule has 1 amide bonds. The van der Waals surface area contributed by atoms with Crippen LogP contribution in [-0.2, 0) is 11.3 Å². The lowest BCUT2D eigenvalue weighted by atomic mass is 10.3. The van der Waals surface area contributed by atoms with Crippen LogP contribution in [0.25, 0.3) is 22.1 Å². The summed E-state index contributed by atoms with van der Waals surface area (Å²) >= 11 is 1.43. The highest BCUT2D eigenvalue weighted by molar-refractivity contribution is 7.99. The van der Waals surface area contributed by atoms with E-state index in [1.54, 1.807) is 4.90 Å². The topological polar surface area (TPSA) is 66.8 Å². The number of benzene rings is 2. The van der Waals surface area contributed by atoms with Crippen LogP contribution in [0, 0.1) is 0 Å². The van der Waals surface area contributed by atoms with Crippen LogP contribution in [0.2, 0.25) is 0 Å². The Balaban J connectivity index is 1.35. The molecule has 4 aromatic rings. The van der Waals surface area contributed by atoms with E-state index in [4.69, 9.17) is 0 Å². The maximum Gasteiger partial charge on any atom is 0.239 e. The summed E-state index contributed by atoms with van der Waals surface area (Å²) in [5.41, 5.74) is 3.92. The lowest BCUT2D eigenvalue weighted by Crippen LogP contribution is -2.31. The first-order valence-corrected chi connectivity index (χ1v) is 9.11. The average Bonchev–Trinajstić information content (AvgIpc) is 3.32. The van der Waals surface area contributed by atoms with E-state index in [9.17, 15) is 4.79 Å². The quantitative estimate of drug-likeness (QED) is 0.577. The molecular weight excluding hydrogens is 334 g/mol. The van der Waals surface area contributed by atoms with Crippen molar-refractivity contribution in [2.45, 2.75) is 11.7 Å². The molecular formula is C18H15N5OS. The molecule has 7 heteroatoms. The SMILES string of the molecule is O=C(CSc1nc2ccccc2[nH]1)N1CCn2c1nc1ccccc12. The van der Waals surface area contributed by atoms with Crippen LogP contribution in [0.1, 0.15) is 0 Å². The molecule has 0 unspecified atom stereocenters. The summed E-state index contributed by atoms with van der Waals surface area (Å²) in [6.07, 6.45) is 0. The number of rotatable bonds is 3.